The second kappa shape index (κ2) is 4.57. The quantitative estimate of drug-likeness (QED) is 0.640. The molecule has 1 aliphatic rings. The molecule has 0 saturated heterocycles. The second-order valence-electron chi connectivity index (χ2n) is 3.58. The lowest BCUT2D eigenvalue weighted by atomic mass is 9.95. The summed E-state index contributed by atoms with van der Waals surface area (Å²) in [5, 5.41) is 18.5. The summed E-state index contributed by atoms with van der Waals surface area (Å²) in [5.41, 5.74) is 1.40. The van der Waals surface area contributed by atoms with Gasteiger partial charge in [-0.3, -0.25) is 0 Å². The van der Waals surface area contributed by atoms with E-state index in [1.807, 2.05) is 6.92 Å². The van der Waals surface area contributed by atoms with Crippen molar-refractivity contribution < 1.29 is 19.7 Å². The molecule has 0 bridgehead atoms. The predicted octanol–water partition coefficient (Wildman–Crippen LogP) is 0.239. The molecular weight excluding hydrogens is 184 g/mol. The number of aliphatic hydroxyl groups is 2. The van der Waals surface area contributed by atoms with Gasteiger partial charge in [0.1, 0.15) is 0 Å². The van der Waals surface area contributed by atoms with Gasteiger partial charge in [-0.1, -0.05) is 5.57 Å². The molecular formula is C10H16O4. The van der Waals surface area contributed by atoms with Crippen LogP contribution in [0.2, 0.25) is 0 Å². The summed E-state index contributed by atoms with van der Waals surface area (Å²) in [7, 11) is 1.32. The molecule has 2 N–H and O–H groups in total. The van der Waals surface area contributed by atoms with Gasteiger partial charge in [0.25, 0.3) is 0 Å². The van der Waals surface area contributed by atoms with Gasteiger partial charge < -0.3 is 14.9 Å². The molecule has 0 fully saturated rings. The molecule has 0 unspecified atom stereocenters. The van der Waals surface area contributed by atoms with Gasteiger partial charge in [0.15, 0.2) is 0 Å². The highest BCUT2D eigenvalue weighted by Crippen LogP contribution is 2.34. The predicted molar refractivity (Wildman–Crippen MR) is 50.5 cm³/mol. The normalized spacial score (nSPS) is 26.9. The zero-order valence-electron chi connectivity index (χ0n) is 8.49. The van der Waals surface area contributed by atoms with Crippen molar-refractivity contribution >= 4 is 5.97 Å². The largest absolute Gasteiger partial charge is 0.466 e. The smallest absolute Gasteiger partial charge is 0.334 e. The maximum atomic E-state index is 11.4. The highest BCUT2D eigenvalue weighted by molar-refractivity contribution is 5.90. The molecule has 1 aliphatic carbocycles. The van der Waals surface area contributed by atoms with Crippen LogP contribution in [0.25, 0.3) is 0 Å². The van der Waals surface area contributed by atoms with Crippen molar-refractivity contribution in [2.24, 2.45) is 5.92 Å². The van der Waals surface area contributed by atoms with Crippen LogP contribution < -0.4 is 0 Å². The van der Waals surface area contributed by atoms with Crippen LogP contribution in [0.5, 0.6) is 0 Å². The summed E-state index contributed by atoms with van der Waals surface area (Å²) in [5.74, 6) is -0.662. The zero-order valence-corrected chi connectivity index (χ0v) is 8.49. The average Bonchev–Trinajstić information content (AvgIpc) is 2.42. The summed E-state index contributed by atoms with van der Waals surface area (Å²) in [6.07, 6.45) is 0.342. The van der Waals surface area contributed by atoms with Crippen LogP contribution >= 0.6 is 0 Å². The molecule has 0 heterocycles. The standard InChI is InChI=1S/C10H16O4/c1-6-5-8(12)7(3-4-11)9(6)10(13)14-2/h7-8,11-12H,3-5H2,1-2H3/t7-,8+/m0/s1. The fraction of sp³-hybridized carbons (Fsp3) is 0.700. The molecule has 1 rings (SSSR count). The molecule has 2 atom stereocenters. The van der Waals surface area contributed by atoms with Gasteiger partial charge in [-0.25, -0.2) is 4.79 Å². The van der Waals surface area contributed by atoms with Gasteiger partial charge in [0, 0.05) is 18.1 Å². The van der Waals surface area contributed by atoms with Crippen LogP contribution in [0.3, 0.4) is 0 Å². The number of hydrogen-bond acceptors (Lipinski definition) is 4. The number of carbonyl (C=O) groups excluding carboxylic acids is 1. The fourth-order valence-corrected chi connectivity index (χ4v) is 1.99. The number of ether oxygens (including phenoxy) is 1. The van der Waals surface area contributed by atoms with Gasteiger partial charge in [-0.05, 0) is 19.8 Å². The number of aliphatic hydroxyl groups excluding tert-OH is 2. The van der Waals surface area contributed by atoms with Gasteiger partial charge in [-0.15, -0.1) is 0 Å². The molecule has 0 amide bonds. The van der Waals surface area contributed by atoms with E-state index in [4.69, 9.17) is 5.11 Å². The Hall–Kier alpha value is -0.870. The van der Waals surface area contributed by atoms with Crippen molar-refractivity contribution in [1.29, 1.82) is 0 Å². The summed E-state index contributed by atoms with van der Waals surface area (Å²) in [6.45, 7) is 1.78. The van der Waals surface area contributed by atoms with E-state index in [0.29, 0.717) is 18.4 Å². The number of hydrogen-bond donors (Lipinski definition) is 2. The van der Waals surface area contributed by atoms with Crippen molar-refractivity contribution in [3.63, 3.8) is 0 Å². The maximum Gasteiger partial charge on any atom is 0.334 e. The van der Waals surface area contributed by atoms with Gasteiger partial charge in [0.2, 0.25) is 0 Å². The second-order valence-corrected chi connectivity index (χ2v) is 3.58. The SMILES string of the molecule is COC(=O)C1=C(C)C[C@@H](O)[C@@H]1CCO. The minimum atomic E-state index is -0.559. The molecule has 14 heavy (non-hydrogen) atoms. The molecule has 80 valence electrons. The molecule has 4 nitrogen and oxygen atoms in total. The Morgan fingerprint density at radius 1 is 1.64 bits per heavy atom. The lowest BCUT2D eigenvalue weighted by molar-refractivity contribution is -0.137. The molecule has 0 aliphatic heterocycles. The Morgan fingerprint density at radius 3 is 2.79 bits per heavy atom. The Balaban J connectivity index is 2.86. The third kappa shape index (κ3) is 1.96. The number of methoxy groups -OCH3 is 1. The van der Waals surface area contributed by atoms with Crippen molar-refractivity contribution in [3.8, 4) is 0 Å². The summed E-state index contributed by atoms with van der Waals surface area (Å²) in [6, 6.07) is 0. The van der Waals surface area contributed by atoms with Gasteiger partial charge in [-0.2, -0.15) is 0 Å². The topological polar surface area (TPSA) is 66.8 Å². The first-order valence-electron chi connectivity index (χ1n) is 4.68. The lowest BCUT2D eigenvalue weighted by Gasteiger charge is -2.16. The summed E-state index contributed by atoms with van der Waals surface area (Å²) in [4.78, 5) is 11.4. The van der Waals surface area contributed by atoms with Gasteiger partial charge in [0.05, 0.1) is 13.2 Å². The molecule has 0 spiro atoms. The van der Waals surface area contributed by atoms with Crippen LogP contribution in [0.4, 0.5) is 0 Å². The van der Waals surface area contributed by atoms with E-state index in [1.165, 1.54) is 7.11 Å². The van der Waals surface area contributed by atoms with Gasteiger partial charge >= 0.3 is 5.97 Å². The average molecular weight is 200 g/mol. The molecule has 0 aromatic heterocycles. The van der Waals surface area contributed by atoms with E-state index >= 15 is 0 Å². The summed E-state index contributed by atoms with van der Waals surface area (Å²) < 4.78 is 4.64. The molecule has 0 radical (unpaired) electrons. The Morgan fingerprint density at radius 2 is 2.29 bits per heavy atom. The molecule has 0 aromatic carbocycles. The first-order chi connectivity index (χ1) is 6.61. The Bertz CT molecular complexity index is 257. The summed E-state index contributed by atoms with van der Waals surface area (Å²) >= 11 is 0. The number of rotatable bonds is 3. The molecule has 4 heteroatoms. The Labute approximate surface area is 83.2 Å². The first-order valence-corrected chi connectivity index (χ1v) is 4.68. The third-order valence-corrected chi connectivity index (χ3v) is 2.66. The third-order valence-electron chi connectivity index (χ3n) is 2.66. The number of carbonyl (C=O) groups is 1. The molecule has 0 saturated carbocycles. The van der Waals surface area contributed by atoms with Crippen LogP contribution in [0.1, 0.15) is 19.8 Å². The van der Waals surface area contributed by atoms with E-state index in [-0.39, 0.29) is 12.5 Å². The first kappa shape index (κ1) is 11.2. The van der Waals surface area contributed by atoms with Crippen LogP contribution in [0, 0.1) is 5.92 Å². The minimum Gasteiger partial charge on any atom is -0.466 e. The van der Waals surface area contributed by atoms with Crippen molar-refractivity contribution in [3.05, 3.63) is 11.1 Å². The van der Waals surface area contributed by atoms with Crippen LogP contribution in [-0.2, 0) is 9.53 Å². The van der Waals surface area contributed by atoms with Crippen molar-refractivity contribution in [2.75, 3.05) is 13.7 Å². The van der Waals surface area contributed by atoms with E-state index < -0.39 is 12.1 Å². The maximum absolute atomic E-state index is 11.4. The van der Waals surface area contributed by atoms with Crippen LogP contribution in [-0.4, -0.2) is 36.0 Å². The minimum absolute atomic E-state index is 0.0322. The monoisotopic (exact) mass is 200 g/mol. The van der Waals surface area contributed by atoms with Crippen LogP contribution in [0.15, 0.2) is 11.1 Å². The lowest BCUT2D eigenvalue weighted by Crippen LogP contribution is -2.22. The van der Waals surface area contributed by atoms with Crippen molar-refractivity contribution in [2.45, 2.75) is 25.9 Å². The zero-order chi connectivity index (χ0) is 10.7. The van der Waals surface area contributed by atoms with E-state index in [2.05, 4.69) is 4.74 Å². The molecule has 0 aromatic rings. The van der Waals surface area contributed by atoms with E-state index in [1.54, 1.807) is 0 Å². The highest BCUT2D eigenvalue weighted by Gasteiger charge is 2.35. The van der Waals surface area contributed by atoms with Crippen molar-refractivity contribution in [1.82, 2.24) is 0 Å². The Kier molecular flexibility index (Phi) is 3.66. The van der Waals surface area contributed by atoms with E-state index in [0.717, 1.165) is 5.57 Å². The number of esters is 1. The fourth-order valence-electron chi connectivity index (χ4n) is 1.99. The highest BCUT2D eigenvalue weighted by atomic mass is 16.5. The van der Waals surface area contributed by atoms with E-state index in [9.17, 15) is 9.90 Å².